The molecule has 104 valence electrons. The van der Waals surface area contributed by atoms with Crippen molar-refractivity contribution in [3.8, 4) is 6.07 Å². The number of ketones is 1. The van der Waals surface area contributed by atoms with E-state index in [9.17, 15) is 10.1 Å². The molecule has 0 unspecified atom stereocenters. The number of hydrogen-bond acceptors (Lipinski definition) is 2. The number of aryl methyl sites for hydroxylation is 1. The Bertz CT molecular complexity index is 773. The molecule has 0 aliphatic heterocycles. The van der Waals surface area contributed by atoms with Crippen molar-refractivity contribution in [1.29, 1.82) is 5.26 Å². The Morgan fingerprint density at radius 3 is 2.48 bits per heavy atom. The molecule has 0 aromatic heterocycles. The summed E-state index contributed by atoms with van der Waals surface area (Å²) in [5, 5.41) is 10.0. The molecule has 4 heteroatoms. The normalized spacial score (nSPS) is 11.0. The highest BCUT2D eigenvalue weighted by Gasteiger charge is 2.14. The Morgan fingerprint density at radius 2 is 1.86 bits per heavy atom. The van der Waals surface area contributed by atoms with Crippen molar-refractivity contribution in [2.24, 2.45) is 0 Å². The summed E-state index contributed by atoms with van der Waals surface area (Å²) in [4.78, 5) is 12.4. The summed E-state index contributed by atoms with van der Waals surface area (Å²) in [6.07, 6.45) is 1.51. The fourth-order valence-corrected chi connectivity index (χ4v) is 2.20. The Balaban J connectivity index is 2.42. The fraction of sp³-hybridized carbons (Fsp3) is 0.0588. The minimum atomic E-state index is -0.304. The lowest BCUT2D eigenvalue weighted by Crippen LogP contribution is -2.04. The number of halogens is 2. The minimum absolute atomic E-state index is 0.0580. The Hall–Kier alpha value is -2.08. The molecule has 0 saturated carbocycles. The average Bonchev–Trinajstić information content (AvgIpc) is 2.48. The third-order valence-corrected chi connectivity index (χ3v) is 3.75. The molecule has 0 radical (unpaired) electrons. The quantitative estimate of drug-likeness (QED) is 0.449. The van der Waals surface area contributed by atoms with Gasteiger partial charge >= 0.3 is 0 Å². The molecule has 0 saturated heterocycles. The summed E-state index contributed by atoms with van der Waals surface area (Å²) in [6, 6.07) is 14.1. The van der Waals surface area contributed by atoms with Crippen LogP contribution < -0.4 is 0 Å². The number of allylic oxidation sites excluding steroid dienone is 1. The third-order valence-electron chi connectivity index (χ3n) is 3.01. The lowest BCUT2D eigenvalue weighted by molar-refractivity contribution is 0.103. The third kappa shape index (κ3) is 3.52. The van der Waals surface area contributed by atoms with Crippen LogP contribution in [-0.4, -0.2) is 5.78 Å². The van der Waals surface area contributed by atoms with Crippen molar-refractivity contribution in [1.82, 2.24) is 0 Å². The van der Waals surface area contributed by atoms with Crippen LogP contribution in [0.5, 0.6) is 0 Å². The zero-order valence-electron chi connectivity index (χ0n) is 11.2. The van der Waals surface area contributed by atoms with Crippen molar-refractivity contribution < 1.29 is 4.79 Å². The SMILES string of the molecule is Cc1ccccc1C(=O)/C(C#N)=C/c1ccc(Cl)c(Cl)c1. The van der Waals surface area contributed by atoms with Gasteiger partial charge in [-0.2, -0.15) is 5.26 Å². The molecule has 21 heavy (non-hydrogen) atoms. The van der Waals surface area contributed by atoms with Crippen LogP contribution in [0.4, 0.5) is 0 Å². The smallest absolute Gasteiger partial charge is 0.203 e. The second kappa shape index (κ2) is 6.58. The van der Waals surface area contributed by atoms with Gasteiger partial charge in [0.05, 0.1) is 10.0 Å². The van der Waals surface area contributed by atoms with E-state index in [0.717, 1.165) is 5.56 Å². The van der Waals surface area contributed by atoms with E-state index in [0.29, 0.717) is 21.2 Å². The lowest BCUT2D eigenvalue weighted by atomic mass is 9.98. The van der Waals surface area contributed by atoms with Gasteiger partial charge in [-0.15, -0.1) is 0 Å². The number of rotatable bonds is 3. The molecule has 0 spiro atoms. The highest BCUT2D eigenvalue weighted by Crippen LogP contribution is 2.24. The van der Waals surface area contributed by atoms with Crippen molar-refractivity contribution in [3.63, 3.8) is 0 Å². The minimum Gasteiger partial charge on any atom is -0.288 e. The molecule has 0 heterocycles. The summed E-state index contributed by atoms with van der Waals surface area (Å²) in [7, 11) is 0. The summed E-state index contributed by atoms with van der Waals surface area (Å²) in [6.45, 7) is 1.83. The topological polar surface area (TPSA) is 40.9 Å². The second-order valence-electron chi connectivity index (χ2n) is 4.49. The van der Waals surface area contributed by atoms with Crippen molar-refractivity contribution in [2.45, 2.75) is 6.92 Å². The molecule has 0 aliphatic rings. The van der Waals surface area contributed by atoms with E-state index < -0.39 is 0 Å². The van der Waals surface area contributed by atoms with Crippen LogP contribution in [0, 0.1) is 18.3 Å². The van der Waals surface area contributed by atoms with Crippen molar-refractivity contribution in [2.75, 3.05) is 0 Å². The van der Waals surface area contributed by atoms with Crippen LogP contribution in [0.25, 0.3) is 6.08 Å². The Kier molecular flexibility index (Phi) is 4.80. The first-order chi connectivity index (χ1) is 10.0. The fourth-order valence-electron chi connectivity index (χ4n) is 1.89. The highest BCUT2D eigenvalue weighted by molar-refractivity contribution is 6.42. The highest BCUT2D eigenvalue weighted by atomic mass is 35.5. The van der Waals surface area contributed by atoms with Crippen LogP contribution in [0.2, 0.25) is 10.0 Å². The van der Waals surface area contributed by atoms with E-state index in [4.69, 9.17) is 23.2 Å². The first kappa shape index (κ1) is 15.3. The van der Waals surface area contributed by atoms with Crippen LogP contribution in [-0.2, 0) is 0 Å². The van der Waals surface area contributed by atoms with Gasteiger partial charge in [0.1, 0.15) is 11.6 Å². The van der Waals surface area contributed by atoms with Gasteiger partial charge in [-0.25, -0.2) is 0 Å². The number of nitrogens with zero attached hydrogens (tertiary/aromatic N) is 1. The van der Waals surface area contributed by atoms with Crippen molar-refractivity contribution in [3.05, 3.63) is 74.8 Å². The van der Waals surface area contributed by atoms with Gasteiger partial charge in [0.25, 0.3) is 0 Å². The molecule has 0 fully saturated rings. The number of benzene rings is 2. The summed E-state index contributed by atoms with van der Waals surface area (Å²) in [5.41, 5.74) is 2.06. The Labute approximate surface area is 133 Å². The van der Waals surface area contributed by atoms with E-state index in [1.54, 1.807) is 30.3 Å². The lowest BCUT2D eigenvalue weighted by Gasteiger charge is -2.04. The van der Waals surface area contributed by atoms with Crippen molar-refractivity contribution >= 4 is 35.1 Å². The maximum absolute atomic E-state index is 12.4. The first-order valence-corrected chi connectivity index (χ1v) is 6.95. The number of Topliss-reactive ketones (excluding diaryl/α,β-unsaturated/α-hetero) is 1. The molecule has 0 N–H and O–H groups in total. The van der Waals surface area contributed by atoms with E-state index >= 15 is 0 Å². The van der Waals surface area contributed by atoms with E-state index in [2.05, 4.69) is 0 Å². The maximum Gasteiger partial charge on any atom is 0.203 e. The van der Waals surface area contributed by atoms with Gasteiger partial charge in [-0.3, -0.25) is 4.79 Å². The first-order valence-electron chi connectivity index (χ1n) is 6.20. The van der Waals surface area contributed by atoms with Gasteiger partial charge in [0, 0.05) is 5.56 Å². The van der Waals surface area contributed by atoms with Crippen LogP contribution in [0.1, 0.15) is 21.5 Å². The second-order valence-corrected chi connectivity index (χ2v) is 5.30. The molecule has 0 atom stereocenters. The molecular formula is C17H11Cl2NO. The summed E-state index contributed by atoms with van der Waals surface area (Å²) >= 11 is 11.8. The van der Waals surface area contributed by atoms with Gasteiger partial charge in [-0.1, -0.05) is 53.5 Å². The van der Waals surface area contributed by atoms with Crippen LogP contribution in [0.3, 0.4) is 0 Å². The van der Waals surface area contributed by atoms with Gasteiger partial charge in [0.15, 0.2) is 0 Å². The zero-order chi connectivity index (χ0) is 15.4. The van der Waals surface area contributed by atoms with E-state index in [-0.39, 0.29) is 11.4 Å². The predicted molar refractivity (Wildman–Crippen MR) is 85.6 cm³/mol. The van der Waals surface area contributed by atoms with E-state index in [1.165, 1.54) is 6.08 Å². The summed E-state index contributed by atoms with van der Waals surface area (Å²) < 4.78 is 0. The maximum atomic E-state index is 12.4. The number of carbonyl (C=O) groups is 1. The molecule has 0 aliphatic carbocycles. The summed E-state index contributed by atoms with van der Waals surface area (Å²) in [5.74, 6) is -0.304. The number of nitriles is 1. The molecule has 0 amide bonds. The molecular weight excluding hydrogens is 305 g/mol. The van der Waals surface area contributed by atoms with Gasteiger partial charge in [-0.05, 0) is 36.3 Å². The number of hydrogen-bond donors (Lipinski definition) is 0. The standard InChI is InChI=1S/C17H11Cl2NO/c1-11-4-2-3-5-14(11)17(21)13(10-20)8-12-6-7-15(18)16(19)9-12/h2-9H,1H3/b13-8+. The molecule has 2 nitrogen and oxygen atoms in total. The van der Waals surface area contributed by atoms with Gasteiger partial charge in [0.2, 0.25) is 5.78 Å². The monoisotopic (exact) mass is 315 g/mol. The van der Waals surface area contributed by atoms with Gasteiger partial charge < -0.3 is 0 Å². The molecule has 2 aromatic carbocycles. The van der Waals surface area contributed by atoms with Crippen LogP contribution >= 0.6 is 23.2 Å². The number of carbonyl (C=O) groups excluding carboxylic acids is 1. The Morgan fingerprint density at radius 1 is 1.14 bits per heavy atom. The van der Waals surface area contributed by atoms with Crippen LogP contribution in [0.15, 0.2) is 48.0 Å². The molecule has 2 rings (SSSR count). The zero-order valence-corrected chi connectivity index (χ0v) is 12.7. The predicted octanol–water partition coefficient (Wildman–Crippen LogP) is 5.09. The molecule has 0 bridgehead atoms. The largest absolute Gasteiger partial charge is 0.288 e. The average molecular weight is 316 g/mol. The molecule has 2 aromatic rings. The van der Waals surface area contributed by atoms with E-state index in [1.807, 2.05) is 25.1 Å².